The summed E-state index contributed by atoms with van der Waals surface area (Å²) < 4.78 is 2.10. The SMILES string of the molecule is Cc1ccc(-c2csc(/C=C/c3nc(C)n4ccccc34)n2)cc1. The molecule has 118 valence electrons. The van der Waals surface area contributed by atoms with Crippen LogP contribution in [0.25, 0.3) is 28.9 Å². The van der Waals surface area contributed by atoms with Gasteiger partial charge in [-0.1, -0.05) is 35.9 Å². The molecule has 0 fully saturated rings. The quantitative estimate of drug-likeness (QED) is 0.513. The van der Waals surface area contributed by atoms with Gasteiger partial charge in [-0.15, -0.1) is 11.3 Å². The van der Waals surface area contributed by atoms with Gasteiger partial charge in [-0.3, -0.25) is 0 Å². The summed E-state index contributed by atoms with van der Waals surface area (Å²) in [6.07, 6.45) is 6.12. The largest absolute Gasteiger partial charge is 0.303 e. The highest BCUT2D eigenvalue weighted by Gasteiger charge is 2.06. The minimum atomic E-state index is 0.972. The molecule has 1 aromatic carbocycles. The second-order valence-corrected chi connectivity index (χ2v) is 6.66. The van der Waals surface area contributed by atoms with E-state index < -0.39 is 0 Å². The summed E-state index contributed by atoms with van der Waals surface area (Å²) >= 11 is 1.65. The molecule has 4 heteroatoms. The number of rotatable bonds is 3. The van der Waals surface area contributed by atoms with Gasteiger partial charge >= 0.3 is 0 Å². The van der Waals surface area contributed by atoms with Gasteiger partial charge in [0.2, 0.25) is 0 Å². The van der Waals surface area contributed by atoms with E-state index in [2.05, 4.69) is 52.0 Å². The maximum atomic E-state index is 4.71. The number of nitrogens with zero attached hydrogens (tertiary/aromatic N) is 3. The van der Waals surface area contributed by atoms with E-state index in [1.165, 1.54) is 5.56 Å². The van der Waals surface area contributed by atoms with Crippen molar-refractivity contribution in [1.29, 1.82) is 0 Å². The van der Waals surface area contributed by atoms with E-state index in [9.17, 15) is 0 Å². The number of aromatic nitrogens is 3. The number of pyridine rings is 1. The normalized spacial score (nSPS) is 11.6. The Morgan fingerprint density at radius 3 is 2.62 bits per heavy atom. The number of hydrogen-bond acceptors (Lipinski definition) is 3. The van der Waals surface area contributed by atoms with Crippen molar-refractivity contribution in [2.75, 3.05) is 0 Å². The predicted octanol–water partition coefficient (Wildman–Crippen LogP) is 5.25. The van der Waals surface area contributed by atoms with Crippen molar-refractivity contribution < 1.29 is 0 Å². The van der Waals surface area contributed by atoms with E-state index in [4.69, 9.17) is 4.98 Å². The van der Waals surface area contributed by atoms with Gasteiger partial charge in [-0.2, -0.15) is 0 Å². The van der Waals surface area contributed by atoms with Crippen LogP contribution in [0.3, 0.4) is 0 Å². The molecule has 0 aliphatic heterocycles. The van der Waals surface area contributed by atoms with E-state index in [1.54, 1.807) is 11.3 Å². The topological polar surface area (TPSA) is 30.2 Å². The van der Waals surface area contributed by atoms with Crippen LogP contribution in [-0.4, -0.2) is 14.4 Å². The Labute approximate surface area is 145 Å². The molecule has 24 heavy (non-hydrogen) atoms. The van der Waals surface area contributed by atoms with Crippen LogP contribution in [-0.2, 0) is 0 Å². The van der Waals surface area contributed by atoms with Crippen LogP contribution in [0.1, 0.15) is 22.1 Å². The van der Waals surface area contributed by atoms with Crippen LogP contribution in [0.2, 0.25) is 0 Å². The molecule has 4 aromatic rings. The molecule has 0 aliphatic rings. The standard InChI is InChI=1S/C20H17N3S/c1-14-6-8-16(9-7-14)18-13-24-20(22-18)11-10-17-19-5-3-4-12-23(19)15(2)21-17/h3-13H,1-2H3/b11-10+. The number of fused-ring (bicyclic) bond motifs is 1. The molecule has 0 unspecified atom stereocenters. The molecule has 3 aromatic heterocycles. The summed E-state index contributed by atoms with van der Waals surface area (Å²) in [5, 5.41) is 3.08. The summed E-state index contributed by atoms with van der Waals surface area (Å²) in [4.78, 5) is 9.34. The zero-order valence-electron chi connectivity index (χ0n) is 13.6. The maximum absolute atomic E-state index is 4.71. The molecule has 0 radical (unpaired) electrons. The summed E-state index contributed by atoms with van der Waals surface area (Å²) in [7, 11) is 0. The van der Waals surface area contributed by atoms with Gasteiger partial charge in [0.1, 0.15) is 10.8 Å². The predicted molar refractivity (Wildman–Crippen MR) is 101 cm³/mol. The summed E-state index contributed by atoms with van der Waals surface area (Å²) in [6, 6.07) is 14.6. The average Bonchev–Trinajstić information content (AvgIpc) is 3.19. The molecule has 3 nitrogen and oxygen atoms in total. The van der Waals surface area contributed by atoms with Crippen LogP contribution >= 0.6 is 11.3 Å². The fourth-order valence-electron chi connectivity index (χ4n) is 2.71. The van der Waals surface area contributed by atoms with Crippen molar-refractivity contribution in [1.82, 2.24) is 14.4 Å². The molecule has 0 aliphatic carbocycles. The van der Waals surface area contributed by atoms with E-state index in [0.29, 0.717) is 0 Å². The Bertz CT molecular complexity index is 1020. The Morgan fingerprint density at radius 2 is 1.79 bits per heavy atom. The van der Waals surface area contributed by atoms with Crippen molar-refractivity contribution in [3.8, 4) is 11.3 Å². The summed E-state index contributed by atoms with van der Waals surface area (Å²) in [5.41, 5.74) is 5.52. The summed E-state index contributed by atoms with van der Waals surface area (Å²) in [5.74, 6) is 0.990. The van der Waals surface area contributed by atoms with Gasteiger partial charge in [0, 0.05) is 17.1 Å². The fourth-order valence-corrected chi connectivity index (χ4v) is 3.43. The Balaban J connectivity index is 1.63. The van der Waals surface area contributed by atoms with Crippen molar-refractivity contribution in [3.05, 3.63) is 76.1 Å². The monoisotopic (exact) mass is 331 g/mol. The second kappa shape index (κ2) is 6.06. The van der Waals surface area contributed by atoms with E-state index in [0.717, 1.165) is 33.3 Å². The minimum Gasteiger partial charge on any atom is -0.303 e. The van der Waals surface area contributed by atoms with E-state index in [-0.39, 0.29) is 0 Å². The van der Waals surface area contributed by atoms with Gasteiger partial charge in [0.05, 0.1) is 16.9 Å². The number of benzene rings is 1. The number of thiazole rings is 1. The first-order valence-electron chi connectivity index (χ1n) is 7.85. The number of aryl methyl sites for hydroxylation is 2. The first-order chi connectivity index (χ1) is 11.7. The van der Waals surface area contributed by atoms with Crippen molar-refractivity contribution in [2.45, 2.75) is 13.8 Å². The van der Waals surface area contributed by atoms with Crippen LogP contribution in [0, 0.1) is 13.8 Å². The number of hydrogen-bond donors (Lipinski definition) is 0. The smallest absolute Gasteiger partial charge is 0.116 e. The lowest BCUT2D eigenvalue weighted by Gasteiger charge is -1.96. The third-order valence-corrected chi connectivity index (χ3v) is 4.82. The lowest BCUT2D eigenvalue weighted by molar-refractivity contribution is 1.04. The molecule has 0 saturated heterocycles. The van der Waals surface area contributed by atoms with Crippen LogP contribution < -0.4 is 0 Å². The Hall–Kier alpha value is -2.72. The van der Waals surface area contributed by atoms with Gasteiger partial charge in [-0.05, 0) is 38.1 Å². The maximum Gasteiger partial charge on any atom is 0.116 e. The van der Waals surface area contributed by atoms with E-state index in [1.807, 2.05) is 37.4 Å². The second-order valence-electron chi connectivity index (χ2n) is 5.77. The highest BCUT2D eigenvalue weighted by Crippen LogP contribution is 2.24. The molecular weight excluding hydrogens is 314 g/mol. The first-order valence-corrected chi connectivity index (χ1v) is 8.73. The van der Waals surface area contributed by atoms with Crippen LogP contribution in [0.4, 0.5) is 0 Å². The van der Waals surface area contributed by atoms with Gasteiger partial charge in [0.25, 0.3) is 0 Å². The zero-order valence-corrected chi connectivity index (χ0v) is 14.4. The third kappa shape index (κ3) is 2.76. The molecule has 0 bridgehead atoms. The molecule has 3 heterocycles. The lowest BCUT2D eigenvalue weighted by Crippen LogP contribution is -1.84. The molecule has 0 saturated carbocycles. The van der Waals surface area contributed by atoms with Crippen LogP contribution in [0.15, 0.2) is 54.0 Å². The molecule has 0 amide bonds. The zero-order chi connectivity index (χ0) is 16.5. The first kappa shape index (κ1) is 14.8. The lowest BCUT2D eigenvalue weighted by atomic mass is 10.1. The van der Waals surface area contributed by atoms with Gasteiger partial charge in [-0.25, -0.2) is 9.97 Å². The van der Waals surface area contributed by atoms with Crippen molar-refractivity contribution >= 4 is 29.0 Å². The average molecular weight is 331 g/mol. The molecule has 4 rings (SSSR count). The highest BCUT2D eigenvalue weighted by atomic mass is 32.1. The Morgan fingerprint density at radius 1 is 0.958 bits per heavy atom. The van der Waals surface area contributed by atoms with E-state index >= 15 is 0 Å². The van der Waals surface area contributed by atoms with Crippen LogP contribution in [0.5, 0.6) is 0 Å². The molecule has 0 atom stereocenters. The Kier molecular flexibility index (Phi) is 3.75. The summed E-state index contributed by atoms with van der Waals surface area (Å²) in [6.45, 7) is 4.11. The highest BCUT2D eigenvalue weighted by molar-refractivity contribution is 7.10. The molecule has 0 spiro atoms. The van der Waals surface area contributed by atoms with Crippen molar-refractivity contribution in [2.24, 2.45) is 0 Å². The fraction of sp³-hybridized carbons (Fsp3) is 0.100. The van der Waals surface area contributed by atoms with Gasteiger partial charge < -0.3 is 4.40 Å². The number of imidazole rings is 1. The molecule has 0 N–H and O–H groups in total. The van der Waals surface area contributed by atoms with Crippen molar-refractivity contribution in [3.63, 3.8) is 0 Å². The minimum absolute atomic E-state index is 0.972. The van der Waals surface area contributed by atoms with Gasteiger partial charge in [0.15, 0.2) is 0 Å². The third-order valence-electron chi connectivity index (χ3n) is 4.01. The molecular formula is C20H17N3S.